The van der Waals surface area contributed by atoms with E-state index in [0.717, 1.165) is 36.5 Å². The van der Waals surface area contributed by atoms with Crippen molar-refractivity contribution in [3.05, 3.63) is 12.4 Å². The standard InChI is InChI=1S/C14H21N3O2S/c1-20-12-7-11(16-10-17-12)15-9-14(8-13(18)19)5-3-2-4-6-14/h7,10H,2-6,8-9H2,1H3,(H,18,19)(H,15,16,17). The summed E-state index contributed by atoms with van der Waals surface area (Å²) < 4.78 is 0. The molecule has 0 amide bonds. The van der Waals surface area contributed by atoms with E-state index < -0.39 is 5.97 Å². The number of aromatic nitrogens is 2. The van der Waals surface area contributed by atoms with Crippen LogP contribution in [0.3, 0.4) is 0 Å². The first-order chi connectivity index (χ1) is 9.63. The van der Waals surface area contributed by atoms with E-state index in [9.17, 15) is 4.79 Å². The van der Waals surface area contributed by atoms with Gasteiger partial charge in [-0.3, -0.25) is 4.79 Å². The van der Waals surface area contributed by atoms with E-state index in [2.05, 4.69) is 15.3 Å². The number of carboxylic acid groups (broad SMARTS) is 1. The van der Waals surface area contributed by atoms with Crippen molar-refractivity contribution in [1.29, 1.82) is 0 Å². The summed E-state index contributed by atoms with van der Waals surface area (Å²) in [6.45, 7) is 0.671. The molecule has 0 saturated heterocycles. The van der Waals surface area contributed by atoms with Gasteiger partial charge in [0.15, 0.2) is 0 Å². The van der Waals surface area contributed by atoms with Crippen LogP contribution in [0, 0.1) is 5.41 Å². The second-order valence-corrected chi connectivity index (χ2v) is 6.26. The van der Waals surface area contributed by atoms with E-state index in [1.165, 1.54) is 6.42 Å². The van der Waals surface area contributed by atoms with Crippen LogP contribution in [0.15, 0.2) is 17.4 Å². The molecule has 20 heavy (non-hydrogen) atoms. The van der Waals surface area contributed by atoms with Gasteiger partial charge in [0.1, 0.15) is 17.2 Å². The van der Waals surface area contributed by atoms with Crippen LogP contribution in [0.2, 0.25) is 0 Å². The number of thioether (sulfide) groups is 1. The van der Waals surface area contributed by atoms with Crippen LogP contribution < -0.4 is 5.32 Å². The summed E-state index contributed by atoms with van der Waals surface area (Å²) in [5.41, 5.74) is -0.130. The molecule has 5 nitrogen and oxygen atoms in total. The maximum Gasteiger partial charge on any atom is 0.303 e. The van der Waals surface area contributed by atoms with E-state index in [0.29, 0.717) is 6.54 Å². The summed E-state index contributed by atoms with van der Waals surface area (Å²) in [4.78, 5) is 19.5. The molecule has 0 atom stereocenters. The number of carbonyl (C=O) groups is 1. The lowest BCUT2D eigenvalue weighted by molar-refractivity contribution is -0.140. The number of hydrogen-bond donors (Lipinski definition) is 2. The maximum absolute atomic E-state index is 11.1. The van der Waals surface area contributed by atoms with Gasteiger partial charge in [-0.15, -0.1) is 11.8 Å². The molecular formula is C14H21N3O2S. The minimum absolute atomic E-state index is 0.130. The van der Waals surface area contributed by atoms with E-state index in [-0.39, 0.29) is 11.8 Å². The van der Waals surface area contributed by atoms with Crippen LogP contribution in [0.1, 0.15) is 38.5 Å². The SMILES string of the molecule is CSc1cc(NCC2(CC(=O)O)CCCCC2)ncn1. The molecule has 1 heterocycles. The number of anilines is 1. The van der Waals surface area contributed by atoms with Crippen molar-refractivity contribution in [1.82, 2.24) is 9.97 Å². The molecule has 0 spiro atoms. The fourth-order valence-corrected chi connectivity index (χ4v) is 3.25. The Morgan fingerprint density at radius 3 is 2.80 bits per heavy atom. The quantitative estimate of drug-likeness (QED) is 0.620. The summed E-state index contributed by atoms with van der Waals surface area (Å²) in [6.07, 6.45) is 9.16. The third kappa shape index (κ3) is 4.10. The molecule has 1 aliphatic carbocycles. The normalized spacial score (nSPS) is 17.6. The van der Waals surface area contributed by atoms with Crippen LogP contribution >= 0.6 is 11.8 Å². The fourth-order valence-electron chi connectivity index (χ4n) is 2.86. The Hall–Kier alpha value is -1.30. The zero-order chi connectivity index (χ0) is 14.4. The molecule has 110 valence electrons. The molecular weight excluding hydrogens is 274 g/mol. The summed E-state index contributed by atoms with van der Waals surface area (Å²) >= 11 is 1.57. The van der Waals surface area contributed by atoms with Crippen LogP contribution in [0.5, 0.6) is 0 Å². The Labute approximate surface area is 123 Å². The first-order valence-corrected chi connectivity index (χ1v) is 8.18. The Balaban J connectivity index is 2.02. The lowest BCUT2D eigenvalue weighted by Crippen LogP contribution is -2.34. The van der Waals surface area contributed by atoms with Crippen molar-refractivity contribution >= 4 is 23.5 Å². The van der Waals surface area contributed by atoms with Crippen LogP contribution in [-0.2, 0) is 4.79 Å². The number of aliphatic carboxylic acids is 1. The van der Waals surface area contributed by atoms with Gasteiger partial charge in [-0.1, -0.05) is 19.3 Å². The first kappa shape index (κ1) is 15.1. The second kappa shape index (κ2) is 6.92. The molecule has 0 radical (unpaired) electrons. The highest BCUT2D eigenvalue weighted by atomic mass is 32.2. The number of rotatable bonds is 6. The highest BCUT2D eigenvalue weighted by molar-refractivity contribution is 7.98. The predicted octanol–water partition coefficient (Wildman–Crippen LogP) is 3.04. The zero-order valence-corrected chi connectivity index (χ0v) is 12.6. The topological polar surface area (TPSA) is 75.1 Å². The molecule has 0 unspecified atom stereocenters. The number of nitrogens with zero attached hydrogens (tertiary/aromatic N) is 2. The molecule has 1 aromatic rings. The van der Waals surface area contributed by atoms with Gasteiger partial charge < -0.3 is 10.4 Å². The predicted molar refractivity (Wildman–Crippen MR) is 80.1 cm³/mol. The minimum Gasteiger partial charge on any atom is -0.481 e. The van der Waals surface area contributed by atoms with Crippen LogP contribution in [-0.4, -0.2) is 33.8 Å². The average molecular weight is 295 g/mol. The molecule has 0 aromatic carbocycles. The van der Waals surface area contributed by atoms with Crippen molar-refractivity contribution in [2.45, 2.75) is 43.6 Å². The molecule has 2 N–H and O–H groups in total. The van der Waals surface area contributed by atoms with Gasteiger partial charge in [-0.05, 0) is 24.5 Å². The lowest BCUT2D eigenvalue weighted by Gasteiger charge is -2.36. The molecule has 1 saturated carbocycles. The molecule has 6 heteroatoms. The largest absolute Gasteiger partial charge is 0.481 e. The Morgan fingerprint density at radius 1 is 1.40 bits per heavy atom. The van der Waals surface area contributed by atoms with Gasteiger partial charge in [-0.2, -0.15) is 0 Å². The highest BCUT2D eigenvalue weighted by Crippen LogP contribution is 2.39. The van der Waals surface area contributed by atoms with Gasteiger partial charge in [0, 0.05) is 12.6 Å². The first-order valence-electron chi connectivity index (χ1n) is 6.95. The lowest BCUT2D eigenvalue weighted by atomic mass is 9.72. The van der Waals surface area contributed by atoms with E-state index in [1.807, 2.05) is 12.3 Å². The number of nitrogens with one attached hydrogen (secondary N) is 1. The maximum atomic E-state index is 11.1. The van der Waals surface area contributed by atoms with E-state index in [4.69, 9.17) is 5.11 Å². The Morgan fingerprint density at radius 2 is 2.15 bits per heavy atom. The highest BCUT2D eigenvalue weighted by Gasteiger charge is 2.34. The Kier molecular flexibility index (Phi) is 5.23. The molecule has 1 aliphatic rings. The zero-order valence-electron chi connectivity index (χ0n) is 11.8. The van der Waals surface area contributed by atoms with Gasteiger partial charge >= 0.3 is 5.97 Å². The van der Waals surface area contributed by atoms with Gasteiger partial charge in [0.25, 0.3) is 0 Å². The van der Waals surface area contributed by atoms with Gasteiger partial charge in [0.2, 0.25) is 0 Å². The summed E-state index contributed by atoms with van der Waals surface area (Å²) in [5, 5.41) is 13.4. The molecule has 1 aromatic heterocycles. The fraction of sp³-hybridized carbons (Fsp3) is 0.643. The third-order valence-electron chi connectivity index (χ3n) is 3.94. The van der Waals surface area contributed by atoms with Crippen molar-refractivity contribution in [2.75, 3.05) is 18.1 Å². The molecule has 2 rings (SSSR count). The van der Waals surface area contributed by atoms with Crippen molar-refractivity contribution < 1.29 is 9.90 Å². The van der Waals surface area contributed by atoms with Crippen LogP contribution in [0.4, 0.5) is 5.82 Å². The van der Waals surface area contributed by atoms with E-state index >= 15 is 0 Å². The van der Waals surface area contributed by atoms with Gasteiger partial charge in [0.05, 0.1) is 6.42 Å². The van der Waals surface area contributed by atoms with Crippen LogP contribution in [0.25, 0.3) is 0 Å². The van der Waals surface area contributed by atoms with Gasteiger partial charge in [-0.25, -0.2) is 9.97 Å². The minimum atomic E-state index is -0.707. The smallest absolute Gasteiger partial charge is 0.303 e. The third-order valence-corrected chi connectivity index (χ3v) is 4.58. The molecule has 0 bridgehead atoms. The monoisotopic (exact) mass is 295 g/mol. The summed E-state index contributed by atoms with van der Waals surface area (Å²) in [7, 11) is 0. The van der Waals surface area contributed by atoms with E-state index in [1.54, 1.807) is 18.1 Å². The molecule has 1 fully saturated rings. The van der Waals surface area contributed by atoms with Crippen molar-refractivity contribution in [2.24, 2.45) is 5.41 Å². The Bertz CT molecular complexity index is 461. The number of hydrogen-bond acceptors (Lipinski definition) is 5. The summed E-state index contributed by atoms with van der Waals surface area (Å²) in [6, 6.07) is 1.90. The molecule has 0 aliphatic heterocycles. The van der Waals surface area contributed by atoms with Crippen molar-refractivity contribution in [3.8, 4) is 0 Å². The number of carboxylic acids is 1. The summed E-state index contributed by atoms with van der Waals surface area (Å²) in [5.74, 6) is 0.0703. The second-order valence-electron chi connectivity index (χ2n) is 5.43. The van der Waals surface area contributed by atoms with Crippen molar-refractivity contribution in [3.63, 3.8) is 0 Å². The average Bonchev–Trinajstić information content (AvgIpc) is 2.46.